The van der Waals surface area contributed by atoms with Gasteiger partial charge in [0.15, 0.2) is 0 Å². The highest BCUT2D eigenvalue weighted by molar-refractivity contribution is 9.12. The predicted molar refractivity (Wildman–Crippen MR) is 51.7 cm³/mol. The van der Waals surface area contributed by atoms with Gasteiger partial charge in [-0.2, -0.15) is 0 Å². The molecule has 1 fully saturated rings. The molecule has 0 aromatic rings. The van der Waals surface area contributed by atoms with Gasteiger partial charge in [0.25, 0.3) is 5.91 Å². The normalized spacial score (nSPS) is 17.6. The average Bonchev–Trinajstić information content (AvgIpc) is 2.84. The summed E-state index contributed by atoms with van der Waals surface area (Å²) in [6.07, 6.45) is 2.50. The van der Waals surface area contributed by atoms with E-state index in [1.54, 1.807) is 4.90 Å². The molecule has 1 rings (SSSR count). The van der Waals surface area contributed by atoms with Crippen LogP contribution in [0.1, 0.15) is 19.8 Å². The quantitative estimate of drug-likeness (QED) is 0.660. The van der Waals surface area contributed by atoms with E-state index in [2.05, 4.69) is 33.6 Å². The van der Waals surface area contributed by atoms with Crippen molar-refractivity contribution in [1.82, 2.24) is 4.90 Å². The molecular formula is C9H12BrNO. The van der Waals surface area contributed by atoms with Crippen LogP contribution in [-0.4, -0.2) is 23.9 Å². The van der Waals surface area contributed by atoms with Crippen molar-refractivity contribution < 1.29 is 4.79 Å². The molecule has 1 aliphatic carbocycles. The monoisotopic (exact) mass is 229 g/mol. The highest BCUT2D eigenvalue weighted by Crippen LogP contribution is 2.34. The smallest absolute Gasteiger partial charge is 0.299 e. The largest absolute Gasteiger partial charge is 0.332 e. The summed E-state index contributed by atoms with van der Waals surface area (Å²) in [6.45, 7) is 2.07. The maximum atomic E-state index is 11.2. The van der Waals surface area contributed by atoms with Gasteiger partial charge in [-0.1, -0.05) is 0 Å². The molecule has 1 unspecified atom stereocenters. The Hall–Kier alpha value is -0.490. The minimum atomic E-state index is -0.105. The van der Waals surface area contributed by atoms with Gasteiger partial charge in [-0.05, 0) is 30.5 Å². The maximum absolute atomic E-state index is 11.2. The highest BCUT2D eigenvalue weighted by atomic mass is 79.9. The molecule has 0 spiro atoms. The second-order valence-corrected chi connectivity index (χ2v) is 3.61. The van der Waals surface area contributed by atoms with Crippen molar-refractivity contribution in [2.24, 2.45) is 5.92 Å². The zero-order chi connectivity index (χ0) is 9.14. The van der Waals surface area contributed by atoms with E-state index in [1.807, 2.05) is 7.05 Å². The van der Waals surface area contributed by atoms with E-state index in [0.717, 1.165) is 0 Å². The number of rotatable bonds is 2. The lowest BCUT2D eigenvalue weighted by molar-refractivity contribution is -0.125. The van der Waals surface area contributed by atoms with Crippen LogP contribution in [0, 0.1) is 16.7 Å². The number of amides is 1. The van der Waals surface area contributed by atoms with Gasteiger partial charge < -0.3 is 4.90 Å². The molecule has 2 nitrogen and oxygen atoms in total. The van der Waals surface area contributed by atoms with Gasteiger partial charge in [0.1, 0.15) is 0 Å². The molecule has 0 aromatic carbocycles. The third-order valence-electron chi connectivity index (χ3n) is 2.39. The van der Waals surface area contributed by atoms with Crippen LogP contribution in [0.4, 0.5) is 0 Å². The fourth-order valence-electron chi connectivity index (χ4n) is 1.21. The Labute approximate surface area is 81.4 Å². The van der Waals surface area contributed by atoms with Crippen molar-refractivity contribution in [3.8, 4) is 10.8 Å². The average molecular weight is 230 g/mol. The Morgan fingerprint density at radius 2 is 2.25 bits per heavy atom. The Morgan fingerprint density at radius 1 is 1.67 bits per heavy atom. The summed E-state index contributed by atoms with van der Waals surface area (Å²) in [4.78, 5) is 15.4. The van der Waals surface area contributed by atoms with E-state index in [9.17, 15) is 4.79 Å². The first-order valence-corrected chi connectivity index (χ1v) is 4.84. The maximum Gasteiger partial charge on any atom is 0.299 e. The minimum absolute atomic E-state index is 0.105. The molecule has 0 bridgehead atoms. The standard InChI is InChI=1S/C9H12BrNO/c1-7(8-3-4-8)11(2)9(12)5-6-10/h7-8H,3-4H2,1-2H3. The van der Waals surface area contributed by atoms with Crippen LogP contribution in [0.15, 0.2) is 0 Å². The molecule has 0 aliphatic heterocycles. The van der Waals surface area contributed by atoms with Gasteiger partial charge in [-0.3, -0.25) is 4.79 Å². The number of halogens is 1. The Bertz CT molecular complexity index is 237. The molecule has 3 heteroatoms. The molecule has 0 radical (unpaired) electrons. The van der Waals surface area contributed by atoms with Crippen molar-refractivity contribution >= 4 is 21.8 Å². The molecule has 66 valence electrons. The van der Waals surface area contributed by atoms with Crippen LogP contribution >= 0.6 is 15.9 Å². The Balaban J connectivity index is 2.48. The summed E-state index contributed by atoms with van der Waals surface area (Å²) < 4.78 is 0. The van der Waals surface area contributed by atoms with Gasteiger partial charge >= 0.3 is 0 Å². The molecule has 1 aliphatic rings. The molecule has 0 saturated heterocycles. The molecule has 0 N–H and O–H groups in total. The topological polar surface area (TPSA) is 20.3 Å². The summed E-state index contributed by atoms with van der Waals surface area (Å²) in [7, 11) is 1.81. The van der Waals surface area contributed by atoms with Crippen LogP contribution in [0.5, 0.6) is 0 Å². The minimum Gasteiger partial charge on any atom is -0.332 e. The molecular weight excluding hydrogens is 218 g/mol. The first kappa shape index (κ1) is 9.60. The molecule has 1 saturated carbocycles. The van der Waals surface area contributed by atoms with Gasteiger partial charge in [0.2, 0.25) is 0 Å². The second-order valence-electron chi connectivity index (χ2n) is 3.21. The number of carbonyl (C=O) groups is 1. The van der Waals surface area contributed by atoms with Crippen LogP contribution in [0.25, 0.3) is 0 Å². The van der Waals surface area contributed by atoms with E-state index < -0.39 is 0 Å². The number of nitrogens with zero attached hydrogens (tertiary/aromatic N) is 1. The summed E-state index contributed by atoms with van der Waals surface area (Å²) in [6, 6.07) is 0.339. The lowest BCUT2D eigenvalue weighted by Gasteiger charge is -2.22. The number of hydrogen-bond acceptors (Lipinski definition) is 1. The van der Waals surface area contributed by atoms with Crippen molar-refractivity contribution in [2.75, 3.05) is 7.05 Å². The first-order valence-electron chi connectivity index (χ1n) is 4.05. The zero-order valence-electron chi connectivity index (χ0n) is 7.30. The van der Waals surface area contributed by atoms with Crippen molar-refractivity contribution in [3.63, 3.8) is 0 Å². The number of hydrogen-bond donors (Lipinski definition) is 0. The molecule has 12 heavy (non-hydrogen) atoms. The third-order valence-corrected chi connectivity index (χ3v) is 2.59. The van der Waals surface area contributed by atoms with Gasteiger partial charge in [0, 0.05) is 34.9 Å². The zero-order valence-corrected chi connectivity index (χ0v) is 8.89. The van der Waals surface area contributed by atoms with Crippen molar-refractivity contribution in [3.05, 3.63) is 0 Å². The molecule has 1 atom stereocenters. The summed E-state index contributed by atoms with van der Waals surface area (Å²) in [5, 5.41) is 0. The fraction of sp³-hybridized carbons (Fsp3) is 0.667. The van der Waals surface area contributed by atoms with Gasteiger partial charge in [-0.25, -0.2) is 0 Å². The molecule has 0 heterocycles. The highest BCUT2D eigenvalue weighted by Gasteiger charge is 2.31. The second kappa shape index (κ2) is 3.95. The van der Waals surface area contributed by atoms with Gasteiger partial charge in [0.05, 0.1) is 0 Å². The predicted octanol–water partition coefficient (Wildman–Crippen LogP) is 1.60. The van der Waals surface area contributed by atoms with E-state index in [0.29, 0.717) is 12.0 Å². The van der Waals surface area contributed by atoms with Gasteiger partial charge in [-0.15, -0.1) is 0 Å². The first-order chi connectivity index (χ1) is 5.66. The van der Waals surface area contributed by atoms with E-state index >= 15 is 0 Å². The van der Waals surface area contributed by atoms with E-state index in [1.165, 1.54) is 12.8 Å². The van der Waals surface area contributed by atoms with Crippen LogP contribution < -0.4 is 0 Å². The van der Waals surface area contributed by atoms with Crippen LogP contribution in [-0.2, 0) is 4.79 Å². The molecule has 0 aromatic heterocycles. The molecule has 1 amide bonds. The van der Waals surface area contributed by atoms with E-state index in [-0.39, 0.29) is 5.91 Å². The summed E-state index contributed by atoms with van der Waals surface area (Å²) in [5.74, 6) is 3.06. The summed E-state index contributed by atoms with van der Waals surface area (Å²) >= 11 is 2.91. The van der Waals surface area contributed by atoms with Crippen LogP contribution in [0.3, 0.4) is 0 Å². The fourth-order valence-corrected chi connectivity index (χ4v) is 1.38. The lowest BCUT2D eigenvalue weighted by Crippen LogP contribution is -2.35. The van der Waals surface area contributed by atoms with Crippen molar-refractivity contribution in [2.45, 2.75) is 25.8 Å². The SMILES string of the molecule is CC(C1CC1)N(C)C(=O)C#CBr. The Kier molecular flexibility index (Phi) is 3.16. The van der Waals surface area contributed by atoms with Crippen LogP contribution in [0.2, 0.25) is 0 Å². The number of carbonyl (C=O) groups excluding carboxylic acids is 1. The Morgan fingerprint density at radius 3 is 2.67 bits per heavy atom. The lowest BCUT2D eigenvalue weighted by atomic mass is 10.2. The summed E-state index contributed by atoms with van der Waals surface area (Å²) in [5.41, 5.74) is 0. The third kappa shape index (κ3) is 2.25. The van der Waals surface area contributed by atoms with E-state index in [4.69, 9.17) is 0 Å². The van der Waals surface area contributed by atoms with Crippen molar-refractivity contribution in [1.29, 1.82) is 0 Å².